The van der Waals surface area contributed by atoms with Crippen molar-refractivity contribution in [3.8, 4) is 0 Å². The fraction of sp³-hybridized carbons (Fsp3) is 0.231. The number of hydrogen-bond donors (Lipinski definition) is 3. The topological polar surface area (TPSA) is 116 Å². The zero-order chi connectivity index (χ0) is 15.6. The average Bonchev–Trinajstić information content (AvgIpc) is 2.70. The molecule has 8 nitrogen and oxygen atoms in total. The van der Waals surface area contributed by atoms with Gasteiger partial charge in [0.1, 0.15) is 6.54 Å². The quantitative estimate of drug-likeness (QED) is 0.684. The van der Waals surface area contributed by atoms with E-state index in [2.05, 4.69) is 10.6 Å². The van der Waals surface area contributed by atoms with Crippen molar-refractivity contribution in [1.82, 2.24) is 10.2 Å². The number of anilines is 1. The minimum Gasteiger partial charge on any atom is -0.478 e. The molecule has 0 atom stereocenters. The van der Waals surface area contributed by atoms with Crippen LogP contribution < -0.4 is 10.6 Å². The molecule has 21 heavy (non-hydrogen) atoms. The molecule has 0 bridgehead atoms. The van der Waals surface area contributed by atoms with Crippen LogP contribution in [0.1, 0.15) is 15.9 Å². The Morgan fingerprint density at radius 1 is 1.38 bits per heavy atom. The van der Waals surface area contributed by atoms with Crippen LogP contribution in [0.2, 0.25) is 0 Å². The van der Waals surface area contributed by atoms with Gasteiger partial charge in [0, 0.05) is 5.69 Å². The number of carbonyl (C=O) groups is 4. The number of carboxylic acid groups (broad SMARTS) is 1. The van der Waals surface area contributed by atoms with Gasteiger partial charge in [-0.2, -0.15) is 0 Å². The number of rotatable bonds is 4. The van der Waals surface area contributed by atoms with Crippen molar-refractivity contribution in [2.24, 2.45) is 0 Å². The number of urea groups is 1. The van der Waals surface area contributed by atoms with Gasteiger partial charge < -0.3 is 15.7 Å². The van der Waals surface area contributed by atoms with Gasteiger partial charge in [-0.15, -0.1) is 0 Å². The van der Waals surface area contributed by atoms with Gasteiger partial charge in [0.05, 0.1) is 12.1 Å². The second kappa shape index (κ2) is 5.61. The highest BCUT2D eigenvalue weighted by Gasteiger charge is 2.30. The maximum absolute atomic E-state index is 11.8. The van der Waals surface area contributed by atoms with E-state index in [1.807, 2.05) is 0 Å². The van der Waals surface area contributed by atoms with Crippen LogP contribution in [-0.4, -0.2) is 46.9 Å². The Balaban J connectivity index is 2.03. The Morgan fingerprint density at radius 2 is 2.10 bits per heavy atom. The number of hydrogen-bond acceptors (Lipinski definition) is 4. The molecule has 1 heterocycles. The number of benzene rings is 1. The second-order valence-corrected chi connectivity index (χ2v) is 4.52. The number of nitrogens with one attached hydrogen (secondary N) is 2. The van der Waals surface area contributed by atoms with Gasteiger partial charge in [-0.1, -0.05) is 0 Å². The van der Waals surface area contributed by atoms with Crippen molar-refractivity contribution in [3.63, 3.8) is 0 Å². The molecule has 2 rings (SSSR count). The van der Waals surface area contributed by atoms with Gasteiger partial charge in [0.2, 0.25) is 5.91 Å². The summed E-state index contributed by atoms with van der Waals surface area (Å²) in [5.74, 6) is -2.06. The molecule has 3 N–H and O–H groups in total. The lowest BCUT2D eigenvalue weighted by Crippen LogP contribution is -2.38. The van der Waals surface area contributed by atoms with Gasteiger partial charge in [0.15, 0.2) is 0 Å². The summed E-state index contributed by atoms with van der Waals surface area (Å²) in [6.45, 7) is 1.11. The summed E-state index contributed by atoms with van der Waals surface area (Å²) in [5, 5.41) is 13.7. The largest absolute Gasteiger partial charge is 0.478 e. The van der Waals surface area contributed by atoms with E-state index in [0.717, 1.165) is 4.90 Å². The molecular weight excluding hydrogens is 278 g/mol. The molecule has 0 aromatic heterocycles. The lowest BCUT2D eigenvalue weighted by molar-refractivity contribution is -0.128. The second-order valence-electron chi connectivity index (χ2n) is 4.52. The van der Waals surface area contributed by atoms with Crippen molar-refractivity contribution >= 4 is 29.5 Å². The first kappa shape index (κ1) is 14.5. The number of imide groups is 1. The van der Waals surface area contributed by atoms with Crippen molar-refractivity contribution in [2.75, 3.05) is 18.4 Å². The summed E-state index contributed by atoms with van der Waals surface area (Å²) in [7, 11) is 0. The molecule has 0 spiro atoms. The van der Waals surface area contributed by atoms with Gasteiger partial charge in [0.25, 0.3) is 5.91 Å². The highest BCUT2D eigenvalue weighted by atomic mass is 16.4. The van der Waals surface area contributed by atoms with E-state index >= 15 is 0 Å². The van der Waals surface area contributed by atoms with Gasteiger partial charge in [-0.3, -0.25) is 14.5 Å². The summed E-state index contributed by atoms with van der Waals surface area (Å²) in [4.78, 5) is 46.1. The van der Waals surface area contributed by atoms with E-state index in [9.17, 15) is 19.2 Å². The highest BCUT2D eigenvalue weighted by molar-refractivity contribution is 6.06. The molecule has 4 amide bonds. The first-order valence-electron chi connectivity index (χ1n) is 6.10. The zero-order valence-corrected chi connectivity index (χ0v) is 11.2. The van der Waals surface area contributed by atoms with Crippen LogP contribution in [0.15, 0.2) is 18.2 Å². The van der Waals surface area contributed by atoms with Gasteiger partial charge in [-0.25, -0.2) is 9.59 Å². The molecule has 8 heteroatoms. The predicted octanol–water partition coefficient (Wildman–Crippen LogP) is 0.184. The first-order chi connectivity index (χ1) is 9.88. The Kier molecular flexibility index (Phi) is 3.88. The number of aromatic carboxylic acids is 1. The molecule has 1 aliphatic heterocycles. The summed E-state index contributed by atoms with van der Waals surface area (Å²) >= 11 is 0. The smallest absolute Gasteiger partial charge is 0.335 e. The van der Waals surface area contributed by atoms with Gasteiger partial charge >= 0.3 is 12.0 Å². The van der Waals surface area contributed by atoms with E-state index in [1.165, 1.54) is 18.2 Å². The normalized spacial score (nSPS) is 14.0. The van der Waals surface area contributed by atoms with E-state index in [-0.39, 0.29) is 18.7 Å². The number of aryl methyl sites for hydroxylation is 1. The fourth-order valence-electron chi connectivity index (χ4n) is 1.94. The zero-order valence-electron chi connectivity index (χ0n) is 11.2. The predicted molar refractivity (Wildman–Crippen MR) is 71.9 cm³/mol. The van der Waals surface area contributed by atoms with Crippen molar-refractivity contribution in [1.29, 1.82) is 0 Å². The van der Waals surface area contributed by atoms with Crippen LogP contribution >= 0.6 is 0 Å². The summed E-state index contributed by atoms with van der Waals surface area (Å²) < 4.78 is 0. The third-order valence-electron chi connectivity index (χ3n) is 2.98. The summed E-state index contributed by atoms with van der Waals surface area (Å²) in [6, 6.07) is 3.72. The minimum atomic E-state index is -1.05. The van der Waals surface area contributed by atoms with Crippen LogP contribution in [0.4, 0.5) is 10.5 Å². The Bertz CT molecular complexity index is 625. The van der Waals surface area contributed by atoms with E-state index in [4.69, 9.17) is 5.11 Å². The number of carboxylic acids is 1. The standard InChI is InChI=1S/C13H13N3O5/c1-7-4-8(2-3-9(7)12(19)20)15-10(17)6-16-11(18)5-14-13(16)21/h2-4H,5-6H2,1H3,(H,14,21)(H,15,17)(H,19,20). The number of carbonyl (C=O) groups excluding carboxylic acids is 3. The first-order valence-corrected chi connectivity index (χ1v) is 6.10. The minimum absolute atomic E-state index is 0.113. The van der Waals surface area contributed by atoms with Crippen LogP contribution in [0.3, 0.4) is 0 Å². The third-order valence-corrected chi connectivity index (χ3v) is 2.98. The van der Waals surface area contributed by atoms with Crippen LogP contribution in [0.25, 0.3) is 0 Å². The molecule has 0 saturated carbocycles. The SMILES string of the molecule is Cc1cc(NC(=O)CN2C(=O)CNC2=O)ccc1C(=O)O. The molecular formula is C13H13N3O5. The van der Waals surface area contributed by atoms with Crippen LogP contribution in [0, 0.1) is 6.92 Å². The van der Waals surface area contributed by atoms with Gasteiger partial charge in [-0.05, 0) is 30.7 Å². The third kappa shape index (κ3) is 3.16. The number of amides is 4. The molecule has 1 aromatic carbocycles. The van der Waals surface area contributed by atoms with E-state index in [0.29, 0.717) is 11.3 Å². The highest BCUT2D eigenvalue weighted by Crippen LogP contribution is 2.15. The molecule has 1 aromatic rings. The monoisotopic (exact) mass is 291 g/mol. The van der Waals surface area contributed by atoms with Crippen molar-refractivity contribution < 1.29 is 24.3 Å². The summed E-state index contributed by atoms with van der Waals surface area (Å²) in [5.41, 5.74) is 1.03. The van der Waals surface area contributed by atoms with Crippen molar-refractivity contribution in [3.05, 3.63) is 29.3 Å². The Hall–Kier alpha value is -2.90. The van der Waals surface area contributed by atoms with E-state index < -0.39 is 23.8 Å². The molecule has 1 aliphatic rings. The van der Waals surface area contributed by atoms with Crippen LogP contribution in [0.5, 0.6) is 0 Å². The lowest BCUT2D eigenvalue weighted by Gasteiger charge is -2.12. The molecule has 1 fully saturated rings. The van der Waals surface area contributed by atoms with Crippen LogP contribution in [-0.2, 0) is 9.59 Å². The fourth-order valence-corrected chi connectivity index (χ4v) is 1.94. The average molecular weight is 291 g/mol. The summed E-state index contributed by atoms with van der Waals surface area (Å²) in [6.07, 6.45) is 0. The maximum atomic E-state index is 11.8. The Labute approximate surface area is 119 Å². The van der Waals surface area contributed by atoms with Crippen molar-refractivity contribution in [2.45, 2.75) is 6.92 Å². The Morgan fingerprint density at radius 3 is 2.62 bits per heavy atom. The molecule has 1 saturated heterocycles. The molecule has 0 radical (unpaired) electrons. The maximum Gasteiger partial charge on any atom is 0.335 e. The molecule has 110 valence electrons. The number of nitrogens with zero attached hydrogens (tertiary/aromatic N) is 1. The lowest BCUT2D eigenvalue weighted by atomic mass is 10.1. The molecule has 0 unspecified atom stereocenters. The molecule has 0 aliphatic carbocycles. The van der Waals surface area contributed by atoms with E-state index in [1.54, 1.807) is 6.92 Å².